The summed E-state index contributed by atoms with van der Waals surface area (Å²) in [6.07, 6.45) is 5.91. The third-order valence-corrected chi connectivity index (χ3v) is 3.36. The third-order valence-electron chi connectivity index (χ3n) is 3.36. The Balaban J connectivity index is 2.09. The quantitative estimate of drug-likeness (QED) is 0.646. The fourth-order valence-electron chi connectivity index (χ4n) is 2.21. The zero-order chi connectivity index (χ0) is 14.5. The number of amides is 1. The number of terminal acetylenes is 1. The number of aldehydes is 1. The molecular weight excluding hydrogens is 256 g/mol. The van der Waals surface area contributed by atoms with Crippen molar-refractivity contribution in [2.75, 3.05) is 32.7 Å². The first kappa shape index (κ1) is 14.1. The van der Waals surface area contributed by atoms with Gasteiger partial charge in [0.05, 0.1) is 12.1 Å². The van der Waals surface area contributed by atoms with Gasteiger partial charge in [0.15, 0.2) is 0 Å². The average Bonchev–Trinajstić information content (AvgIpc) is 2.48. The molecule has 0 atom stereocenters. The van der Waals surface area contributed by atoms with E-state index in [4.69, 9.17) is 6.42 Å². The van der Waals surface area contributed by atoms with Crippen LogP contribution >= 0.6 is 0 Å². The van der Waals surface area contributed by atoms with E-state index in [0.717, 1.165) is 0 Å². The van der Waals surface area contributed by atoms with E-state index < -0.39 is 0 Å². The summed E-state index contributed by atoms with van der Waals surface area (Å²) in [5, 5.41) is 9.77. The minimum Gasteiger partial charge on any atom is -0.507 e. The Morgan fingerprint density at radius 2 is 2.05 bits per heavy atom. The Kier molecular flexibility index (Phi) is 4.38. The number of carbonyl (C=O) groups excluding carboxylic acids is 2. The van der Waals surface area contributed by atoms with Crippen LogP contribution in [0.5, 0.6) is 5.75 Å². The molecular formula is C15H16N2O3. The summed E-state index contributed by atoms with van der Waals surface area (Å²) in [7, 11) is 0. The Hall–Kier alpha value is -2.32. The second-order valence-corrected chi connectivity index (χ2v) is 4.67. The second kappa shape index (κ2) is 6.22. The van der Waals surface area contributed by atoms with Crippen molar-refractivity contribution in [3.8, 4) is 18.1 Å². The van der Waals surface area contributed by atoms with Crippen LogP contribution in [0.2, 0.25) is 0 Å². The van der Waals surface area contributed by atoms with E-state index in [1.54, 1.807) is 4.90 Å². The lowest BCUT2D eigenvalue weighted by atomic mass is 10.1. The van der Waals surface area contributed by atoms with E-state index in [2.05, 4.69) is 10.8 Å². The van der Waals surface area contributed by atoms with E-state index >= 15 is 0 Å². The van der Waals surface area contributed by atoms with E-state index in [1.165, 1.54) is 18.2 Å². The predicted molar refractivity (Wildman–Crippen MR) is 74.7 cm³/mol. The van der Waals surface area contributed by atoms with Crippen molar-refractivity contribution >= 4 is 12.2 Å². The summed E-state index contributed by atoms with van der Waals surface area (Å²) in [6, 6.07) is 4.26. The van der Waals surface area contributed by atoms with Crippen molar-refractivity contribution in [3.05, 3.63) is 29.3 Å². The van der Waals surface area contributed by atoms with E-state index in [-0.39, 0.29) is 17.2 Å². The van der Waals surface area contributed by atoms with Gasteiger partial charge in [-0.25, -0.2) is 0 Å². The highest BCUT2D eigenvalue weighted by molar-refractivity contribution is 5.98. The van der Waals surface area contributed by atoms with Crippen molar-refractivity contribution < 1.29 is 14.7 Å². The van der Waals surface area contributed by atoms with Crippen LogP contribution in [0.4, 0.5) is 0 Å². The van der Waals surface area contributed by atoms with Crippen LogP contribution in [0.15, 0.2) is 18.2 Å². The molecule has 1 aromatic carbocycles. The molecule has 1 amide bonds. The summed E-state index contributed by atoms with van der Waals surface area (Å²) in [6.45, 7) is 3.12. The van der Waals surface area contributed by atoms with Crippen LogP contribution in [0.3, 0.4) is 0 Å². The van der Waals surface area contributed by atoms with Gasteiger partial charge in [0, 0.05) is 31.7 Å². The number of hydrogen-bond donors (Lipinski definition) is 1. The molecule has 1 N–H and O–H groups in total. The number of carbonyl (C=O) groups is 2. The molecule has 20 heavy (non-hydrogen) atoms. The van der Waals surface area contributed by atoms with E-state index in [1.807, 2.05) is 0 Å². The number of piperazine rings is 1. The molecule has 0 aliphatic carbocycles. The fraction of sp³-hybridized carbons (Fsp3) is 0.333. The zero-order valence-electron chi connectivity index (χ0n) is 11.1. The van der Waals surface area contributed by atoms with Gasteiger partial charge in [0.2, 0.25) is 0 Å². The lowest BCUT2D eigenvalue weighted by molar-refractivity contribution is 0.0649. The molecule has 2 rings (SSSR count). The number of phenolic OH excluding ortho intramolecular Hbond substituents is 1. The van der Waals surface area contributed by atoms with E-state index in [9.17, 15) is 14.7 Å². The van der Waals surface area contributed by atoms with Gasteiger partial charge >= 0.3 is 0 Å². The Morgan fingerprint density at radius 3 is 2.65 bits per heavy atom. The number of phenols is 1. The molecule has 1 heterocycles. The van der Waals surface area contributed by atoms with Crippen LogP contribution in [-0.4, -0.2) is 59.8 Å². The van der Waals surface area contributed by atoms with Gasteiger partial charge in [-0.2, -0.15) is 0 Å². The van der Waals surface area contributed by atoms with Crippen LogP contribution in [0.25, 0.3) is 0 Å². The van der Waals surface area contributed by atoms with Gasteiger partial charge in [-0.1, -0.05) is 5.92 Å². The monoisotopic (exact) mass is 272 g/mol. The summed E-state index contributed by atoms with van der Waals surface area (Å²) in [4.78, 5) is 26.8. The minimum absolute atomic E-state index is 0.105. The van der Waals surface area contributed by atoms with Gasteiger partial charge in [-0.15, -0.1) is 6.42 Å². The first-order valence-electron chi connectivity index (χ1n) is 6.39. The Labute approximate surface area is 117 Å². The molecule has 0 radical (unpaired) electrons. The number of nitrogens with zero attached hydrogens (tertiary/aromatic N) is 2. The lowest BCUT2D eigenvalue weighted by Gasteiger charge is -2.33. The Bertz CT molecular complexity index is 555. The van der Waals surface area contributed by atoms with Crippen molar-refractivity contribution in [1.82, 2.24) is 9.80 Å². The highest BCUT2D eigenvalue weighted by Gasteiger charge is 2.23. The second-order valence-electron chi connectivity index (χ2n) is 4.67. The molecule has 104 valence electrons. The van der Waals surface area contributed by atoms with Gasteiger partial charge in [0.25, 0.3) is 5.91 Å². The molecule has 0 bridgehead atoms. The zero-order valence-corrected chi connectivity index (χ0v) is 11.1. The summed E-state index contributed by atoms with van der Waals surface area (Å²) in [5.74, 6) is 2.22. The van der Waals surface area contributed by atoms with Crippen molar-refractivity contribution in [1.29, 1.82) is 0 Å². The number of hydrogen-bond acceptors (Lipinski definition) is 4. The smallest absolute Gasteiger partial charge is 0.257 e. The van der Waals surface area contributed by atoms with Crippen LogP contribution in [0, 0.1) is 12.3 Å². The third kappa shape index (κ3) is 2.98. The molecule has 0 saturated carbocycles. The fourth-order valence-corrected chi connectivity index (χ4v) is 2.21. The van der Waals surface area contributed by atoms with E-state index in [0.29, 0.717) is 44.6 Å². The standard InChI is InChI=1S/C15H16N2O3/c1-2-5-16-6-8-17(9-7-16)15(20)13-10-12(11-18)3-4-14(13)19/h1,3-4,10-11,19H,5-9H2. The maximum atomic E-state index is 12.3. The summed E-state index contributed by atoms with van der Waals surface area (Å²) >= 11 is 0. The lowest BCUT2D eigenvalue weighted by Crippen LogP contribution is -2.48. The molecule has 1 saturated heterocycles. The van der Waals surface area contributed by atoms with Crippen LogP contribution in [-0.2, 0) is 0 Å². The van der Waals surface area contributed by atoms with Crippen molar-refractivity contribution in [3.63, 3.8) is 0 Å². The molecule has 5 heteroatoms. The minimum atomic E-state index is -0.258. The van der Waals surface area contributed by atoms with Gasteiger partial charge < -0.3 is 10.0 Å². The molecule has 5 nitrogen and oxygen atoms in total. The van der Waals surface area contributed by atoms with Crippen LogP contribution in [0.1, 0.15) is 20.7 Å². The maximum Gasteiger partial charge on any atom is 0.257 e. The first-order chi connectivity index (χ1) is 9.65. The number of benzene rings is 1. The average molecular weight is 272 g/mol. The molecule has 0 spiro atoms. The first-order valence-corrected chi connectivity index (χ1v) is 6.39. The highest BCUT2D eigenvalue weighted by Crippen LogP contribution is 2.20. The Morgan fingerprint density at radius 1 is 1.35 bits per heavy atom. The van der Waals surface area contributed by atoms with Gasteiger partial charge in [-0.3, -0.25) is 14.5 Å². The normalized spacial score (nSPS) is 15.7. The molecule has 0 aromatic heterocycles. The van der Waals surface area contributed by atoms with Gasteiger partial charge in [0.1, 0.15) is 12.0 Å². The summed E-state index contributed by atoms with van der Waals surface area (Å²) in [5.41, 5.74) is 0.539. The van der Waals surface area contributed by atoms with Crippen molar-refractivity contribution in [2.24, 2.45) is 0 Å². The maximum absolute atomic E-state index is 12.3. The molecule has 1 aliphatic heterocycles. The molecule has 1 fully saturated rings. The van der Waals surface area contributed by atoms with Crippen LogP contribution < -0.4 is 0 Å². The largest absolute Gasteiger partial charge is 0.507 e. The number of rotatable bonds is 3. The SMILES string of the molecule is C#CCN1CCN(C(=O)c2cc(C=O)ccc2O)CC1. The van der Waals surface area contributed by atoms with Crippen molar-refractivity contribution in [2.45, 2.75) is 0 Å². The topological polar surface area (TPSA) is 60.9 Å². The number of aromatic hydroxyl groups is 1. The molecule has 1 aromatic rings. The molecule has 1 aliphatic rings. The highest BCUT2D eigenvalue weighted by atomic mass is 16.3. The van der Waals surface area contributed by atoms with Gasteiger partial charge in [-0.05, 0) is 18.2 Å². The summed E-state index contributed by atoms with van der Waals surface area (Å²) < 4.78 is 0. The molecule has 0 unspecified atom stereocenters. The predicted octanol–water partition coefficient (Wildman–Crippen LogP) is 0.596.